The van der Waals surface area contributed by atoms with Crippen LogP contribution in [0.15, 0.2) is 18.2 Å². The van der Waals surface area contributed by atoms with Crippen molar-refractivity contribution in [3.63, 3.8) is 0 Å². The number of benzene rings is 1. The standard InChI is InChI=1S/C20H31N/c1-2-21-20(14-16-8-4-3-5-9-16)19-13-12-17-10-6-7-11-18(17)15-19/h12-13,15-16,20-21H,2-11,14H2,1H3. The van der Waals surface area contributed by atoms with Crippen LogP contribution in [0.3, 0.4) is 0 Å². The van der Waals surface area contributed by atoms with Crippen LogP contribution in [0.1, 0.15) is 81.0 Å². The lowest BCUT2D eigenvalue weighted by molar-refractivity contribution is 0.301. The Morgan fingerprint density at radius 3 is 2.52 bits per heavy atom. The van der Waals surface area contributed by atoms with E-state index in [0.29, 0.717) is 6.04 Å². The summed E-state index contributed by atoms with van der Waals surface area (Å²) in [5.74, 6) is 0.943. The van der Waals surface area contributed by atoms with Crippen LogP contribution in [0.5, 0.6) is 0 Å². The molecule has 1 N–H and O–H groups in total. The maximum absolute atomic E-state index is 3.75. The Balaban J connectivity index is 1.73. The monoisotopic (exact) mass is 285 g/mol. The number of nitrogens with one attached hydrogen (secondary N) is 1. The lowest BCUT2D eigenvalue weighted by Crippen LogP contribution is -2.24. The Morgan fingerprint density at radius 1 is 1.00 bits per heavy atom. The Bertz CT molecular complexity index is 445. The molecule has 1 fully saturated rings. The first-order chi connectivity index (χ1) is 10.4. The first-order valence-corrected chi connectivity index (χ1v) is 9.22. The molecule has 0 radical (unpaired) electrons. The van der Waals surface area contributed by atoms with E-state index in [0.717, 1.165) is 12.5 Å². The van der Waals surface area contributed by atoms with Crippen molar-refractivity contribution in [2.75, 3.05) is 6.54 Å². The summed E-state index contributed by atoms with van der Waals surface area (Å²) in [5, 5.41) is 3.75. The summed E-state index contributed by atoms with van der Waals surface area (Å²) < 4.78 is 0. The van der Waals surface area contributed by atoms with Crippen molar-refractivity contribution in [1.29, 1.82) is 0 Å². The summed E-state index contributed by atoms with van der Waals surface area (Å²) in [6.07, 6.45) is 14.0. The smallest absolute Gasteiger partial charge is 0.0322 e. The Hall–Kier alpha value is -0.820. The zero-order chi connectivity index (χ0) is 14.5. The van der Waals surface area contributed by atoms with Crippen molar-refractivity contribution in [2.24, 2.45) is 5.92 Å². The maximum Gasteiger partial charge on any atom is 0.0322 e. The molecule has 1 unspecified atom stereocenters. The van der Waals surface area contributed by atoms with Gasteiger partial charge in [-0.15, -0.1) is 0 Å². The zero-order valence-electron chi connectivity index (χ0n) is 13.7. The van der Waals surface area contributed by atoms with Gasteiger partial charge >= 0.3 is 0 Å². The van der Waals surface area contributed by atoms with Crippen molar-refractivity contribution in [3.8, 4) is 0 Å². The maximum atomic E-state index is 3.75. The summed E-state index contributed by atoms with van der Waals surface area (Å²) in [5.41, 5.74) is 4.78. The molecule has 0 saturated heterocycles. The summed E-state index contributed by atoms with van der Waals surface area (Å²) in [6.45, 7) is 3.32. The van der Waals surface area contributed by atoms with Crippen molar-refractivity contribution < 1.29 is 0 Å². The molecule has 1 aromatic rings. The quantitative estimate of drug-likeness (QED) is 0.785. The molecule has 2 aliphatic carbocycles. The average Bonchev–Trinajstić information content (AvgIpc) is 2.55. The molecule has 1 saturated carbocycles. The summed E-state index contributed by atoms with van der Waals surface area (Å²) in [6, 6.07) is 7.91. The zero-order valence-corrected chi connectivity index (χ0v) is 13.7. The average molecular weight is 285 g/mol. The van der Waals surface area contributed by atoms with Gasteiger partial charge in [0.25, 0.3) is 0 Å². The first-order valence-electron chi connectivity index (χ1n) is 9.22. The van der Waals surface area contributed by atoms with Crippen LogP contribution >= 0.6 is 0 Å². The molecule has 21 heavy (non-hydrogen) atoms. The minimum Gasteiger partial charge on any atom is -0.310 e. The number of hydrogen-bond donors (Lipinski definition) is 1. The van der Waals surface area contributed by atoms with Crippen LogP contribution in [0.2, 0.25) is 0 Å². The van der Waals surface area contributed by atoms with Crippen molar-refractivity contribution in [1.82, 2.24) is 5.32 Å². The van der Waals surface area contributed by atoms with Crippen LogP contribution in [-0.4, -0.2) is 6.54 Å². The highest BCUT2D eigenvalue weighted by molar-refractivity contribution is 5.35. The van der Waals surface area contributed by atoms with Crippen LogP contribution in [-0.2, 0) is 12.8 Å². The molecule has 0 aromatic heterocycles. The summed E-state index contributed by atoms with van der Waals surface area (Å²) >= 11 is 0. The first kappa shape index (κ1) is 15.1. The van der Waals surface area contributed by atoms with E-state index < -0.39 is 0 Å². The van der Waals surface area contributed by atoms with E-state index in [1.165, 1.54) is 64.2 Å². The summed E-state index contributed by atoms with van der Waals surface area (Å²) in [4.78, 5) is 0. The Labute approximate surface area is 130 Å². The molecule has 0 amide bonds. The second kappa shape index (κ2) is 7.45. The van der Waals surface area contributed by atoms with Gasteiger partial charge in [0.15, 0.2) is 0 Å². The fourth-order valence-corrected chi connectivity index (χ4v) is 4.31. The molecule has 0 aliphatic heterocycles. The van der Waals surface area contributed by atoms with Gasteiger partial charge in [-0.1, -0.05) is 57.2 Å². The van der Waals surface area contributed by atoms with Gasteiger partial charge in [0.2, 0.25) is 0 Å². The van der Waals surface area contributed by atoms with Gasteiger partial charge in [-0.2, -0.15) is 0 Å². The fourth-order valence-electron chi connectivity index (χ4n) is 4.31. The van der Waals surface area contributed by atoms with Gasteiger partial charge in [-0.25, -0.2) is 0 Å². The summed E-state index contributed by atoms with van der Waals surface area (Å²) in [7, 11) is 0. The van der Waals surface area contributed by atoms with E-state index in [1.807, 2.05) is 0 Å². The predicted octanol–water partition coefficient (Wildman–Crippen LogP) is 5.19. The number of fused-ring (bicyclic) bond motifs is 1. The van der Waals surface area contributed by atoms with E-state index >= 15 is 0 Å². The van der Waals surface area contributed by atoms with Gasteiger partial charge in [0.05, 0.1) is 0 Å². The SMILES string of the molecule is CCNC(CC1CCCCC1)c1ccc2c(c1)CCCC2. The van der Waals surface area contributed by atoms with E-state index in [1.54, 1.807) is 16.7 Å². The van der Waals surface area contributed by atoms with Crippen LogP contribution in [0.25, 0.3) is 0 Å². The minimum absolute atomic E-state index is 0.574. The van der Waals surface area contributed by atoms with E-state index in [9.17, 15) is 0 Å². The minimum atomic E-state index is 0.574. The van der Waals surface area contributed by atoms with Crippen molar-refractivity contribution >= 4 is 0 Å². The highest BCUT2D eigenvalue weighted by Gasteiger charge is 2.20. The second-order valence-electron chi connectivity index (χ2n) is 7.09. The molecule has 116 valence electrons. The van der Waals surface area contributed by atoms with Gasteiger partial charge in [-0.3, -0.25) is 0 Å². The third-order valence-electron chi connectivity index (χ3n) is 5.52. The second-order valence-corrected chi connectivity index (χ2v) is 7.09. The highest BCUT2D eigenvalue weighted by atomic mass is 14.9. The fraction of sp³-hybridized carbons (Fsp3) is 0.700. The lowest BCUT2D eigenvalue weighted by atomic mass is 9.82. The number of hydrogen-bond acceptors (Lipinski definition) is 1. The van der Waals surface area contributed by atoms with Gasteiger partial charge < -0.3 is 5.32 Å². The molecule has 1 heteroatoms. The van der Waals surface area contributed by atoms with Crippen molar-refractivity contribution in [3.05, 3.63) is 34.9 Å². The molecular weight excluding hydrogens is 254 g/mol. The van der Waals surface area contributed by atoms with E-state index in [2.05, 4.69) is 30.4 Å². The molecule has 0 spiro atoms. The van der Waals surface area contributed by atoms with Crippen LogP contribution in [0, 0.1) is 5.92 Å². The number of aryl methyl sites for hydroxylation is 2. The lowest BCUT2D eigenvalue weighted by Gasteiger charge is -2.28. The van der Waals surface area contributed by atoms with Crippen LogP contribution < -0.4 is 5.32 Å². The number of rotatable bonds is 5. The molecule has 1 atom stereocenters. The molecule has 1 aromatic carbocycles. The molecule has 3 rings (SSSR count). The molecule has 1 nitrogen and oxygen atoms in total. The largest absolute Gasteiger partial charge is 0.310 e. The van der Waals surface area contributed by atoms with E-state index in [4.69, 9.17) is 0 Å². The van der Waals surface area contributed by atoms with Gasteiger partial charge in [-0.05, 0) is 61.3 Å². The predicted molar refractivity (Wildman–Crippen MR) is 90.7 cm³/mol. The topological polar surface area (TPSA) is 12.0 Å². The molecular formula is C20H31N. The molecule has 2 aliphatic rings. The van der Waals surface area contributed by atoms with Gasteiger partial charge in [0.1, 0.15) is 0 Å². The molecule has 0 bridgehead atoms. The molecule has 0 heterocycles. The Kier molecular flexibility index (Phi) is 5.35. The third-order valence-corrected chi connectivity index (χ3v) is 5.52. The third kappa shape index (κ3) is 3.88. The van der Waals surface area contributed by atoms with E-state index in [-0.39, 0.29) is 0 Å². The van der Waals surface area contributed by atoms with Gasteiger partial charge in [0, 0.05) is 6.04 Å². The highest BCUT2D eigenvalue weighted by Crippen LogP contribution is 2.33. The van der Waals surface area contributed by atoms with Crippen molar-refractivity contribution in [2.45, 2.75) is 77.2 Å². The normalized spacial score (nSPS) is 21.0. The van der Waals surface area contributed by atoms with Crippen LogP contribution in [0.4, 0.5) is 0 Å². The Morgan fingerprint density at radius 2 is 1.76 bits per heavy atom.